The summed E-state index contributed by atoms with van der Waals surface area (Å²) in [4.78, 5) is 4.35. The van der Waals surface area contributed by atoms with Gasteiger partial charge in [-0.15, -0.1) is 5.10 Å². The molecule has 0 spiro atoms. The molecule has 0 bridgehead atoms. The molecule has 0 amide bonds. The average Bonchev–Trinajstić information content (AvgIpc) is 2.98. The molecule has 3 rings (SSSR count). The number of benzene rings is 1. The Morgan fingerprint density at radius 1 is 1.24 bits per heavy atom. The summed E-state index contributed by atoms with van der Waals surface area (Å²) in [5, 5.41) is 22.4. The number of para-hydroxylation sites is 1. The minimum Gasteiger partial charge on any atom is -0.392 e. The minimum absolute atomic E-state index is 0.0134. The lowest BCUT2D eigenvalue weighted by molar-refractivity contribution is 0.281. The number of nitrogens with zero attached hydrogens (tertiary/aromatic N) is 5. The van der Waals surface area contributed by atoms with Crippen LogP contribution in [0.15, 0.2) is 52.8 Å². The van der Waals surface area contributed by atoms with Gasteiger partial charge in [0.05, 0.1) is 12.3 Å². The van der Waals surface area contributed by atoms with Crippen molar-refractivity contribution < 1.29 is 5.11 Å². The summed E-state index contributed by atoms with van der Waals surface area (Å²) in [6.07, 6.45) is 1.66. The summed E-state index contributed by atoms with van der Waals surface area (Å²) in [7, 11) is 0. The molecule has 0 radical (unpaired) electrons. The van der Waals surface area contributed by atoms with E-state index in [2.05, 4.69) is 20.5 Å². The van der Waals surface area contributed by atoms with E-state index >= 15 is 0 Å². The number of hydrogen-bond acceptors (Lipinski definition) is 6. The van der Waals surface area contributed by atoms with Crippen molar-refractivity contribution in [2.45, 2.75) is 23.7 Å². The fourth-order valence-electron chi connectivity index (χ4n) is 1.87. The zero-order valence-electron chi connectivity index (χ0n) is 11.3. The molecule has 1 aromatic carbocycles. The molecule has 0 saturated carbocycles. The second-order valence-corrected chi connectivity index (χ2v) is 5.39. The topological polar surface area (TPSA) is 76.7 Å². The van der Waals surface area contributed by atoms with Crippen molar-refractivity contribution in [1.29, 1.82) is 0 Å². The lowest BCUT2D eigenvalue weighted by Crippen LogP contribution is -1.99. The first-order valence-electron chi connectivity index (χ1n) is 6.36. The molecule has 106 valence electrons. The summed E-state index contributed by atoms with van der Waals surface area (Å²) in [6, 6.07) is 11.6. The monoisotopic (exact) mass is 299 g/mol. The van der Waals surface area contributed by atoms with Gasteiger partial charge in [-0.2, -0.15) is 4.68 Å². The Morgan fingerprint density at radius 2 is 2.05 bits per heavy atom. The Morgan fingerprint density at radius 3 is 2.76 bits per heavy atom. The molecule has 7 heteroatoms. The van der Waals surface area contributed by atoms with Crippen LogP contribution in [0.1, 0.15) is 11.1 Å². The fraction of sp³-hybridized carbons (Fsp3) is 0.143. The second-order valence-electron chi connectivity index (χ2n) is 4.43. The number of pyridine rings is 1. The highest BCUT2D eigenvalue weighted by Gasteiger charge is 2.12. The van der Waals surface area contributed by atoms with Crippen molar-refractivity contribution in [3.05, 3.63) is 53.7 Å². The van der Waals surface area contributed by atoms with Crippen molar-refractivity contribution in [2.75, 3.05) is 0 Å². The number of aromatic nitrogens is 5. The van der Waals surface area contributed by atoms with Gasteiger partial charge in [0.15, 0.2) is 0 Å². The lowest BCUT2D eigenvalue weighted by atomic mass is 10.2. The smallest absolute Gasteiger partial charge is 0.220 e. The van der Waals surface area contributed by atoms with Crippen LogP contribution in [-0.2, 0) is 6.61 Å². The van der Waals surface area contributed by atoms with Gasteiger partial charge < -0.3 is 5.11 Å². The van der Waals surface area contributed by atoms with Crippen molar-refractivity contribution in [2.24, 2.45) is 0 Å². The van der Waals surface area contributed by atoms with Crippen molar-refractivity contribution in [3.63, 3.8) is 0 Å². The van der Waals surface area contributed by atoms with Crippen LogP contribution in [0.5, 0.6) is 0 Å². The third-order valence-electron chi connectivity index (χ3n) is 2.90. The maximum Gasteiger partial charge on any atom is 0.220 e. The van der Waals surface area contributed by atoms with E-state index in [9.17, 15) is 0 Å². The van der Waals surface area contributed by atoms with Gasteiger partial charge in [-0.3, -0.25) is 0 Å². The third-order valence-corrected chi connectivity index (χ3v) is 3.96. The minimum atomic E-state index is -0.0134. The number of aryl methyl sites for hydroxylation is 1. The standard InChI is InChI=1S/C14H13N5OS/c1-10-7-11(9-20)8-15-13(10)21-14-16-17-18-19(14)12-5-3-2-4-6-12/h2-8,20H,9H2,1H3. The number of aliphatic hydroxyl groups excluding tert-OH is 1. The van der Waals surface area contributed by atoms with Crippen LogP contribution in [0.2, 0.25) is 0 Å². The van der Waals surface area contributed by atoms with Gasteiger partial charge in [-0.05, 0) is 58.4 Å². The van der Waals surface area contributed by atoms with Crippen LogP contribution in [0.4, 0.5) is 0 Å². The van der Waals surface area contributed by atoms with E-state index in [-0.39, 0.29) is 6.61 Å². The zero-order chi connectivity index (χ0) is 14.7. The molecule has 0 aliphatic rings. The first-order valence-corrected chi connectivity index (χ1v) is 7.17. The molecule has 0 saturated heterocycles. The van der Waals surface area contributed by atoms with E-state index in [0.29, 0.717) is 5.16 Å². The molecular formula is C14H13N5OS. The van der Waals surface area contributed by atoms with Gasteiger partial charge in [0, 0.05) is 6.20 Å². The quantitative estimate of drug-likeness (QED) is 0.794. The first kappa shape index (κ1) is 13.7. The van der Waals surface area contributed by atoms with Gasteiger partial charge >= 0.3 is 0 Å². The van der Waals surface area contributed by atoms with E-state index in [1.165, 1.54) is 11.8 Å². The molecule has 2 aromatic heterocycles. The maximum absolute atomic E-state index is 9.12. The van der Waals surface area contributed by atoms with E-state index < -0.39 is 0 Å². The molecule has 2 heterocycles. The van der Waals surface area contributed by atoms with Crippen LogP contribution in [-0.4, -0.2) is 30.3 Å². The summed E-state index contributed by atoms with van der Waals surface area (Å²) >= 11 is 1.40. The first-order chi connectivity index (χ1) is 10.3. The van der Waals surface area contributed by atoms with Gasteiger partial charge in [0.1, 0.15) is 5.03 Å². The van der Waals surface area contributed by atoms with Gasteiger partial charge in [-0.25, -0.2) is 4.98 Å². The summed E-state index contributed by atoms with van der Waals surface area (Å²) < 4.78 is 1.67. The Hall–Kier alpha value is -2.25. The molecule has 0 unspecified atom stereocenters. The molecule has 1 N–H and O–H groups in total. The molecule has 6 nitrogen and oxygen atoms in total. The second kappa shape index (κ2) is 6.02. The van der Waals surface area contributed by atoms with Crippen LogP contribution in [0.25, 0.3) is 5.69 Å². The normalized spacial score (nSPS) is 10.8. The predicted molar refractivity (Wildman–Crippen MR) is 78.2 cm³/mol. The summed E-state index contributed by atoms with van der Waals surface area (Å²) in [6.45, 7) is 1.94. The molecule has 0 aliphatic heterocycles. The van der Waals surface area contributed by atoms with Crippen LogP contribution in [0.3, 0.4) is 0 Å². The highest BCUT2D eigenvalue weighted by atomic mass is 32.2. The summed E-state index contributed by atoms with van der Waals surface area (Å²) in [5.41, 5.74) is 2.67. The van der Waals surface area contributed by atoms with Crippen LogP contribution < -0.4 is 0 Å². The Labute approximate surface area is 125 Å². The van der Waals surface area contributed by atoms with Crippen LogP contribution in [0, 0.1) is 6.92 Å². The van der Waals surface area contributed by atoms with Gasteiger partial charge in [0.2, 0.25) is 5.16 Å². The number of aliphatic hydroxyl groups is 1. The molecule has 21 heavy (non-hydrogen) atoms. The lowest BCUT2D eigenvalue weighted by Gasteiger charge is -2.06. The van der Waals surface area contributed by atoms with E-state index in [4.69, 9.17) is 5.11 Å². The third kappa shape index (κ3) is 2.93. The van der Waals surface area contributed by atoms with Crippen LogP contribution >= 0.6 is 11.8 Å². The molecular weight excluding hydrogens is 286 g/mol. The number of rotatable bonds is 4. The zero-order valence-corrected chi connectivity index (χ0v) is 12.2. The van der Waals surface area contributed by atoms with Gasteiger partial charge in [-0.1, -0.05) is 18.2 Å². The van der Waals surface area contributed by atoms with E-state index in [1.54, 1.807) is 10.9 Å². The van der Waals surface area contributed by atoms with Crippen molar-refractivity contribution in [1.82, 2.24) is 25.2 Å². The van der Waals surface area contributed by atoms with E-state index in [0.717, 1.165) is 21.8 Å². The molecule has 0 atom stereocenters. The van der Waals surface area contributed by atoms with E-state index in [1.807, 2.05) is 43.3 Å². The molecule has 3 aromatic rings. The average molecular weight is 299 g/mol. The number of tetrazole rings is 1. The summed E-state index contributed by atoms with van der Waals surface area (Å²) in [5.74, 6) is 0. The largest absolute Gasteiger partial charge is 0.392 e. The fourth-order valence-corrected chi connectivity index (χ4v) is 2.68. The van der Waals surface area contributed by atoms with Gasteiger partial charge in [0.25, 0.3) is 0 Å². The molecule has 0 fully saturated rings. The Balaban J connectivity index is 1.92. The predicted octanol–water partition coefficient (Wildman–Crippen LogP) is 2.01. The Bertz CT molecular complexity index is 744. The van der Waals surface area contributed by atoms with Crippen molar-refractivity contribution in [3.8, 4) is 5.69 Å². The highest BCUT2D eigenvalue weighted by Crippen LogP contribution is 2.28. The highest BCUT2D eigenvalue weighted by molar-refractivity contribution is 7.99. The van der Waals surface area contributed by atoms with Crippen molar-refractivity contribution >= 4 is 11.8 Å². The SMILES string of the molecule is Cc1cc(CO)cnc1Sc1nnnn1-c1ccccc1. The maximum atomic E-state index is 9.12. The molecule has 0 aliphatic carbocycles. The number of hydrogen-bond donors (Lipinski definition) is 1. The Kier molecular flexibility index (Phi) is 3.94.